The molecule has 4 nitrogen and oxygen atoms in total. The van der Waals surface area contributed by atoms with Gasteiger partial charge in [-0.1, -0.05) is 60.2 Å². The largest absolute Gasteiger partial charge is 0.379 e. The molecule has 1 aliphatic carbocycles. The molecule has 1 unspecified atom stereocenters. The molecule has 0 radical (unpaired) electrons. The zero-order valence-corrected chi connectivity index (χ0v) is 21.2. The third-order valence-electron chi connectivity index (χ3n) is 7.93. The van der Waals surface area contributed by atoms with Crippen LogP contribution in [0.1, 0.15) is 53.5 Å². The van der Waals surface area contributed by atoms with E-state index in [1.54, 1.807) is 18.2 Å². The van der Waals surface area contributed by atoms with Gasteiger partial charge in [0.15, 0.2) is 0 Å². The van der Waals surface area contributed by atoms with Crippen molar-refractivity contribution in [1.29, 1.82) is 0 Å². The average molecular weight is 505 g/mol. The van der Waals surface area contributed by atoms with Crippen LogP contribution in [-0.2, 0) is 9.53 Å². The van der Waals surface area contributed by atoms with E-state index in [-0.39, 0.29) is 29.4 Å². The van der Waals surface area contributed by atoms with Gasteiger partial charge in [0.05, 0.1) is 19.3 Å². The Morgan fingerprint density at radius 1 is 0.919 bits per heavy atom. The molecule has 1 saturated heterocycles. The second-order valence-corrected chi connectivity index (χ2v) is 10.3. The van der Waals surface area contributed by atoms with Crippen molar-refractivity contribution in [1.82, 2.24) is 10.2 Å². The Labute approximate surface area is 217 Å². The Hall–Kier alpha value is -3.09. The summed E-state index contributed by atoms with van der Waals surface area (Å²) >= 11 is 0. The summed E-state index contributed by atoms with van der Waals surface area (Å²) in [6.07, 6.45) is 2.29. The highest BCUT2D eigenvalue weighted by molar-refractivity contribution is 5.81. The van der Waals surface area contributed by atoms with Crippen LogP contribution in [0, 0.1) is 24.5 Å². The van der Waals surface area contributed by atoms with E-state index in [1.807, 2.05) is 43.3 Å². The first-order chi connectivity index (χ1) is 18.0. The van der Waals surface area contributed by atoms with E-state index < -0.39 is 6.04 Å². The van der Waals surface area contributed by atoms with E-state index in [9.17, 15) is 9.18 Å². The number of benzene rings is 3. The lowest BCUT2D eigenvalue weighted by atomic mass is 9.72. The van der Waals surface area contributed by atoms with Crippen molar-refractivity contribution in [3.8, 4) is 0 Å². The molecule has 3 aromatic rings. The standard InChI is InChI=1S/C31H34F2N2O2/c1-21-6-8-22(9-7-21)30(23-10-12-24(32)13-11-23)34-31(36)27-15-14-25(35-16-18-37-19-17-35)20-28(27)26-4-2-3-5-29(26)33/h2-13,25,27-28,30H,14-20H2,1H3,(H,34,36)/t25-,27-,28+,30?/m1/s1. The minimum atomic E-state index is -0.424. The minimum Gasteiger partial charge on any atom is -0.379 e. The number of carbonyl (C=O) groups excluding carboxylic acids is 1. The molecule has 0 bridgehead atoms. The van der Waals surface area contributed by atoms with Crippen molar-refractivity contribution in [3.05, 3.63) is 107 Å². The number of carbonyl (C=O) groups is 1. The lowest BCUT2D eigenvalue weighted by molar-refractivity contribution is -0.127. The smallest absolute Gasteiger partial charge is 0.224 e. The number of nitrogens with zero attached hydrogens (tertiary/aromatic N) is 1. The van der Waals surface area contributed by atoms with Crippen LogP contribution in [0.15, 0.2) is 72.8 Å². The van der Waals surface area contributed by atoms with Gasteiger partial charge in [-0.2, -0.15) is 0 Å². The monoisotopic (exact) mass is 504 g/mol. The molecule has 6 heteroatoms. The fourth-order valence-electron chi connectivity index (χ4n) is 5.88. The second-order valence-electron chi connectivity index (χ2n) is 10.3. The number of halogens is 2. The van der Waals surface area contributed by atoms with Gasteiger partial charge in [0, 0.05) is 25.0 Å². The van der Waals surface area contributed by atoms with Gasteiger partial charge in [-0.25, -0.2) is 8.78 Å². The first-order valence-electron chi connectivity index (χ1n) is 13.2. The summed E-state index contributed by atoms with van der Waals surface area (Å²) in [4.78, 5) is 16.4. The molecule has 4 atom stereocenters. The van der Waals surface area contributed by atoms with Crippen LogP contribution in [0.5, 0.6) is 0 Å². The predicted octanol–water partition coefficient (Wildman–Crippen LogP) is 5.76. The molecule has 1 amide bonds. The van der Waals surface area contributed by atoms with Crippen LogP contribution in [-0.4, -0.2) is 43.2 Å². The van der Waals surface area contributed by atoms with Gasteiger partial charge < -0.3 is 10.1 Å². The summed E-state index contributed by atoms with van der Waals surface area (Å²) in [6, 6.07) is 21.0. The van der Waals surface area contributed by atoms with Gasteiger partial charge >= 0.3 is 0 Å². The summed E-state index contributed by atoms with van der Waals surface area (Å²) in [5.74, 6) is -1.26. The highest BCUT2D eigenvalue weighted by atomic mass is 19.1. The highest BCUT2D eigenvalue weighted by Gasteiger charge is 2.40. The molecule has 37 heavy (non-hydrogen) atoms. The van der Waals surface area contributed by atoms with E-state index >= 15 is 4.39 Å². The van der Waals surface area contributed by atoms with E-state index in [4.69, 9.17) is 4.74 Å². The van der Waals surface area contributed by atoms with E-state index in [2.05, 4.69) is 10.2 Å². The Kier molecular flexibility index (Phi) is 7.96. The van der Waals surface area contributed by atoms with E-state index in [1.165, 1.54) is 18.2 Å². The van der Waals surface area contributed by atoms with E-state index in [0.717, 1.165) is 42.6 Å². The third kappa shape index (κ3) is 5.91. The normalized spacial score (nSPS) is 23.4. The van der Waals surface area contributed by atoms with Crippen molar-refractivity contribution in [2.24, 2.45) is 5.92 Å². The summed E-state index contributed by atoms with van der Waals surface area (Å²) in [5.41, 5.74) is 3.46. The zero-order valence-electron chi connectivity index (χ0n) is 21.2. The number of morpholine rings is 1. The summed E-state index contributed by atoms with van der Waals surface area (Å²) in [7, 11) is 0. The Morgan fingerprint density at radius 3 is 2.24 bits per heavy atom. The molecular weight excluding hydrogens is 470 g/mol. The number of amides is 1. The molecule has 5 rings (SSSR count). The molecule has 0 aromatic heterocycles. The van der Waals surface area contributed by atoms with Crippen LogP contribution in [0.2, 0.25) is 0 Å². The number of hydrogen-bond acceptors (Lipinski definition) is 3. The van der Waals surface area contributed by atoms with Crippen molar-refractivity contribution >= 4 is 5.91 Å². The van der Waals surface area contributed by atoms with E-state index in [0.29, 0.717) is 31.2 Å². The molecular formula is C31H34F2N2O2. The molecule has 1 saturated carbocycles. The van der Waals surface area contributed by atoms with Crippen LogP contribution in [0.4, 0.5) is 8.78 Å². The number of hydrogen-bond donors (Lipinski definition) is 1. The van der Waals surface area contributed by atoms with Gasteiger partial charge in [-0.05, 0) is 67.0 Å². The molecule has 2 aliphatic rings. The lowest BCUT2D eigenvalue weighted by Gasteiger charge is -2.42. The van der Waals surface area contributed by atoms with Gasteiger partial charge in [0.25, 0.3) is 0 Å². The van der Waals surface area contributed by atoms with Crippen LogP contribution in [0.3, 0.4) is 0 Å². The van der Waals surface area contributed by atoms with Crippen LogP contribution in [0.25, 0.3) is 0 Å². The van der Waals surface area contributed by atoms with Crippen LogP contribution < -0.4 is 5.32 Å². The SMILES string of the molecule is Cc1ccc(C(NC(=O)[C@@H]2CC[C@@H](N3CCOCC3)C[C@H]2c2ccccc2F)c2ccc(F)cc2)cc1. The van der Waals surface area contributed by atoms with Crippen molar-refractivity contribution in [3.63, 3.8) is 0 Å². The molecule has 194 valence electrons. The molecule has 0 spiro atoms. The molecule has 1 aliphatic heterocycles. The first kappa shape index (κ1) is 25.6. The average Bonchev–Trinajstić information content (AvgIpc) is 2.93. The molecule has 3 aromatic carbocycles. The number of rotatable bonds is 6. The number of ether oxygens (including phenoxy) is 1. The zero-order chi connectivity index (χ0) is 25.8. The molecule has 1 heterocycles. The summed E-state index contributed by atoms with van der Waals surface area (Å²) < 4.78 is 34.3. The maximum absolute atomic E-state index is 15.0. The fourth-order valence-corrected chi connectivity index (χ4v) is 5.88. The summed E-state index contributed by atoms with van der Waals surface area (Å²) in [6.45, 7) is 5.17. The van der Waals surface area contributed by atoms with Gasteiger partial charge in [0.2, 0.25) is 5.91 Å². The summed E-state index contributed by atoms with van der Waals surface area (Å²) in [5, 5.41) is 3.25. The van der Waals surface area contributed by atoms with Crippen molar-refractivity contribution < 1.29 is 18.3 Å². The topological polar surface area (TPSA) is 41.6 Å². The van der Waals surface area contributed by atoms with Gasteiger partial charge in [0.1, 0.15) is 11.6 Å². The Balaban J connectivity index is 1.43. The number of aryl methyl sites for hydroxylation is 1. The maximum atomic E-state index is 15.0. The second kappa shape index (κ2) is 11.5. The molecule has 1 N–H and O–H groups in total. The molecule has 2 fully saturated rings. The van der Waals surface area contributed by atoms with Crippen molar-refractivity contribution in [2.75, 3.05) is 26.3 Å². The van der Waals surface area contributed by atoms with Crippen LogP contribution >= 0.6 is 0 Å². The minimum absolute atomic E-state index is 0.0939. The number of nitrogens with one attached hydrogen (secondary N) is 1. The Bertz CT molecular complexity index is 1150. The van der Waals surface area contributed by atoms with Gasteiger partial charge in [-0.3, -0.25) is 9.69 Å². The quantitative estimate of drug-likeness (QED) is 0.464. The highest BCUT2D eigenvalue weighted by Crippen LogP contribution is 2.41. The Morgan fingerprint density at radius 2 is 1.57 bits per heavy atom. The van der Waals surface area contributed by atoms with Gasteiger partial charge in [-0.15, -0.1) is 0 Å². The lowest BCUT2D eigenvalue weighted by Crippen LogP contribution is -2.48. The first-order valence-corrected chi connectivity index (χ1v) is 13.2. The van der Waals surface area contributed by atoms with Crippen molar-refractivity contribution in [2.45, 2.75) is 44.2 Å². The maximum Gasteiger partial charge on any atom is 0.224 e. The fraction of sp³-hybridized carbons (Fsp3) is 0.387. The predicted molar refractivity (Wildman–Crippen MR) is 140 cm³/mol. The third-order valence-corrected chi connectivity index (χ3v) is 7.93.